The molecule has 1 fully saturated rings. The number of nitrogens with one attached hydrogen (secondary N) is 1. The molecule has 1 amide bonds. The zero-order chi connectivity index (χ0) is 7.56. The standard InChI is InChI=1S/C7H12FNO/c1-5(10)9-7-3-2-6(8)4-7/h6-7H,2-4H2,1H3,(H,9,10). The molecule has 2 atom stereocenters. The summed E-state index contributed by atoms with van der Waals surface area (Å²) in [6.07, 6.45) is 1.20. The van der Waals surface area contributed by atoms with E-state index >= 15 is 0 Å². The molecule has 2 nitrogen and oxygen atoms in total. The summed E-state index contributed by atoms with van der Waals surface area (Å²) in [6.45, 7) is 1.46. The minimum absolute atomic E-state index is 0.0564. The molecule has 3 heteroatoms. The summed E-state index contributed by atoms with van der Waals surface area (Å²) < 4.78 is 12.5. The lowest BCUT2D eigenvalue weighted by atomic mass is 10.2. The van der Waals surface area contributed by atoms with Crippen molar-refractivity contribution in [2.24, 2.45) is 0 Å². The molecule has 0 saturated heterocycles. The van der Waals surface area contributed by atoms with Crippen LogP contribution in [-0.4, -0.2) is 18.1 Å². The van der Waals surface area contributed by atoms with Crippen LogP contribution < -0.4 is 5.32 Å². The maximum absolute atomic E-state index is 12.5. The molecule has 1 N–H and O–H groups in total. The number of carbonyl (C=O) groups is 1. The van der Waals surface area contributed by atoms with Gasteiger partial charge in [-0.05, 0) is 19.3 Å². The summed E-state index contributed by atoms with van der Waals surface area (Å²) in [7, 11) is 0. The summed E-state index contributed by atoms with van der Waals surface area (Å²) in [4.78, 5) is 10.5. The number of rotatable bonds is 1. The van der Waals surface area contributed by atoms with Crippen molar-refractivity contribution in [1.29, 1.82) is 0 Å². The van der Waals surface area contributed by atoms with E-state index in [-0.39, 0.29) is 11.9 Å². The first-order chi connectivity index (χ1) is 4.68. The Labute approximate surface area is 59.8 Å². The summed E-state index contributed by atoms with van der Waals surface area (Å²) in [5.41, 5.74) is 0. The molecule has 0 aromatic heterocycles. The lowest BCUT2D eigenvalue weighted by molar-refractivity contribution is -0.119. The van der Waals surface area contributed by atoms with Crippen molar-refractivity contribution in [3.05, 3.63) is 0 Å². The van der Waals surface area contributed by atoms with Gasteiger partial charge in [0.15, 0.2) is 0 Å². The van der Waals surface area contributed by atoms with Gasteiger partial charge in [-0.25, -0.2) is 4.39 Å². The van der Waals surface area contributed by atoms with Gasteiger partial charge in [0.2, 0.25) is 5.91 Å². The van der Waals surface area contributed by atoms with Crippen molar-refractivity contribution >= 4 is 5.91 Å². The molecule has 1 aliphatic carbocycles. The fraction of sp³-hybridized carbons (Fsp3) is 0.857. The van der Waals surface area contributed by atoms with Crippen LogP contribution in [0.3, 0.4) is 0 Å². The summed E-state index contributed by atoms with van der Waals surface area (Å²) in [5, 5.41) is 2.69. The number of alkyl halides is 1. The summed E-state index contributed by atoms with van der Waals surface area (Å²) in [6, 6.07) is 0.0903. The van der Waals surface area contributed by atoms with Crippen LogP contribution >= 0.6 is 0 Å². The third-order valence-corrected chi connectivity index (χ3v) is 1.78. The summed E-state index contributed by atoms with van der Waals surface area (Å²) in [5.74, 6) is -0.0564. The normalized spacial score (nSPS) is 32.2. The second-order valence-electron chi connectivity index (χ2n) is 2.81. The highest BCUT2D eigenvalue weighted by Crippen LogP contribution is 2.21. The van der Waals surface area contributed by atoms with Gasteiger partial charge in [-0.2, -0.15) is 0 Å². The van der Waals surface area contributed by atoms with Crippen molar-refractivity contribution in [2.45, 2.75) is 38.4 Å². The van der Waals surface area contributed by atoms with E-state index in [2.05, 4.69) is 5.32 Å². The maximum Gasteiger partial charge on any atom is 0.217 e. The van der Waals surface area contributed by atoms with Crippen LogP contribution in [0, 0.1) is 0 Å². The van der Waals surface area contributed by atoms with Crippen molar-refractivity contribution in [3.63, 3.8) is 0 Å². The fourth-order valence-corrected chi connectivity index (χ4v) is 1.35. The van der Waals surface area contributed by atoms with Crippen LogP contribution in [0.2, 0.25) is 0 Å². The van der Waals surface area contributed by atoms with Gasteiger partial charge < -0.3 is 5.32 Å². The fourth-order valence-electron chi connectivity index (χ4n) is 1.35. The zero-order valence-corrected chi connectivity index (χ0v) is 6.06. The largest absolute Gasteiger partial charge is 0.354 e. The number of hydrogen-bond acceptors (Lipinski definition) is 1. The molecule has 1 rings (SSSR count). The van der Waals surface area contributed by atoms with Gasteiger partial charge in [0.1, 0.15) is 6.17 Å². The van der Waals surface area contributed by atoms with Gasteiger partial charge in [0.05, 0.1) is 0 Å². The predicted octanol–water partition coefficient (Wildman–Crippen LogP) is 1.01. The molecule has 0 aromatic rings. The molecule has 1 saturated carbocycles. The minimum atomic E-state index is -0.697. The molecule has 1 aliphatic rings. The third kappa shape index (κ3) is 1.97. The van der Waals surface area contributed by atoms with Gasteiger partial charge in [-0.3, -0.25) is 4.79 Å². The molecule has 0 spiro atoms. The number of halogens is 1. The lowest BCUT2D eigenvalue weighted by Crippen LogP contribution is -2.30. The van der Waals surface area contributed by atoms with E-state index in [1.54, 1.807) is 0 Å². The van der Waals surface area contributed by atoms with Gasteiger partial charge >= 0.3 is 0 Å². The van der Waals surface area contributed by atoms with Crippen LogP contribution in [0.1, 0.15) is 26.2 Å². The zero-order valence-electron chi connectivity index (χ0n) is 6.06. The van der Waals surface area contributed by atoms with E-state index in [1.165, 1.54) is 6.92 Å². The molecule has 0 radical (unpaired) electrons. The van der Waals surface area contributed by atoms with E-state index < -0.39 is 6.17 Å². The Bertz CT molecular complexity index is 138. The molecule has 0 aromatic carbocycles. The highest BCUT2D eigenvalue weighted by Gasteiger charge is 2.24. The Kier molecular flexibility index (Phi) is 2.25. The van der Waals surface area contributed by atoms with E-state index in [4.69, 9.17) is 0 Å². The average Bonchev–Trinajstić information content (AvgIpc) is 2.13. The van der Waals surface area contributed by atoms with Crippen LogP contribution in [0.5, 0.6) is 0 Å². The van der Waals surface area contributed by atoms with Crippen molar-refractivity contribution in [1.82, 2.24) is 5.32 Å². The van der Waals surface area contributed by atoms with Gasteiger partial charge in [0.25, 0.3) is 0 Å². The maximum atomic E-state index is 12.5. The van der Waals surface area contributed by atoms with Gasteiger partial charge in [-0.1, -0.05) is 0 Å². The minimum Gasteiger partial charge on any atom is -0.354 e. The molecule has 0 heterocycles. The molecule has 2 unspecified atom stereocenters. The second-order valence-corrected chi connectivity index (χ2v) is 2.81. The predicted molar refractivity (Wildman–Crippen MR) is 36.4 cm³/mol. The van der Waals surface area contributed by atoms with Crippen LogP contribution in [0.4, 0.5) is 4.39 Å². The highest BCUT2D eigenvalue weighted by atomic mass is 19.1. The second kappa shape index (κ2) is 2.99. The molecule has 10 heavy (non-hydrogen) atoms. The Morgan fingerprint density at radius 2 is 2.30 bits per heavy atom. The van der Waals surface area contributed by atoms with Crippen molar-refractivity contribution in [3.8, 4) is 0 Å². The molecule has 58 valence electrons. The van der Waals surface area contributed by atoms with Crippen LogP contribution in [0.25, 0.3) is 0 Å². The SMILES string of the molecule is CC(=O)NC1CCC(F)C1. The molecule has 0 bridgehead atoms. The first kappa shape index (κ1) is 7.51. The third-order valence-electron chi connectivity index (χ3n) is 1.78. The van der Waals surface area contributed by atoms with E-state index in [9.17, 15) is 9.18 Å². The number of amides is 1. The van der Waals surface area contributed by atoms with Gasteiger partial charge in [-0.15, -0.1) is 0 Å². The Morgan fingerprint density at radius 1 is 1.60 bits per heavy atom. The number of hydrogen-bond donors (Lipinski definition) is 1. The Balaban J connectivity index is 2.24. The van der Waals surface area contributed by atoms with Crippen LogP contribution in [-0.2, 0) is 4.79 Å². The molecular weight excluding hydrogens is 133 g/mol. The Morgan fingerprint density at radius 3 is 2.70 bits per heavy atom. The van der Waals surface area contributed by atoms with E-state index in [0.29, 0.717) is 12.8 Å². The van der Waals surface area contributed by atoms with Gasteiger partial charge in [0, 0.05) is 13.0 Å². The lowest BCUT2D eigenvalue weighted by Gasteiger charge is -2.08. The van der Waals surface area contributed by atoms with Crippen molar-refractivity contribution in [2.75, 3.05) is 0 Å². The van der Waals surface area contributed by atoms with Crippen LogP contribution in [0.15, 0.2) is 0 Å². The van der Waals surface area contributed by atoms with E-state index in [0.717, 1.165) is 6.42 Å². The molecule has 0 aliphatic heterocycles. The quantitative estimate of drug-likeness (QED) is 0.586. The monoisotopic (exact) mass is 145 g/mol. The van der Waals surface area contributed by atoms with E-state index in [1.807, 2.05) is 0 Å². The average molecular weight is 145 g/mol. The smallest absolute Gasteiger partial charge is 0.217 e. The highest BCUT2D eigenvalue weighted by molar-refractivity contribution is 5.73. The first-order valence-corrected chi connectivity index (χ1v) is 3.59. The summed E-state index contributed by atoms with van der Waals surface area (Å²) >= 11 is 0. The molecular formula is C7H12FNO. The number of carbonyl (C=O) groups excluding carboxylic acids is 1. The first-order valence-electron chi connectivity index (χ1n) is 3.59. The Hall–Kier alpha value is -0.600. The van der Waals surface area contributed by atoms with Crippen molar-refractivity contribution < 1.29 is 9.18 Å². The topological polar surface area (TPSA) is 29.1 Å².